The molecule has 0 aliphatic carbocycles. The fourth-order valence-electron chi connectivity index (χ4n) is 1.89. The number of nitrogens with two attached hydrogens (primary N) is 1. The minimum atomic E-state index is -0.843. The molecule has 1 rings (SSSR count). The third-order valence-corrected chi connectivity index (χ3v) is 3.80. The molecule has 0 aliphatic heterocycles. The Hall–Kier alpha value is -2.62. The number of carbonyl (C=O) groups is 3. The number of amides is 4. The monoisotopic (exact) mass is 370 g/mol. The first-order chi connectivity index (χ1) is 11.9. The van der Waals surface area contributed by atoms with Crippen LogP contribution in [0, 0.1) is 0 Å². The number of hydrazine groups is 1. The van der Waals surface area contributed by atoms with E-state index in [2.05, 4.69) is 16.2 Å². The topological polar surface area (TPSA) is 132 Å². The first kappa shape index (κ1) is 20.4. The third-order valence-electron chi connectivity index (χ3n) is 3.16. The highest BCUT2D eigenvalue weighted by Crippen LogP contribution is 2.22. The van der Waals surface area contributed by atoms with Crippen molar-refractivity contribution in [2.45, 2.75) is 12.5 Å². The van der Waals surface area contributed by atoms with Gasteiger partial charge in [-0.15, -0.1) is 0 Å². The Bertz CT molecular complexity index is 604. The summed E-state index contributed by atoms with van der Waals surface area (Å²) in [6.45, 7) is 0. The van der Waals surface area contributed by atoms with Gasteiger partial charge >= 0.3 is 6.03 Å². The van der Waals surface area contributed by atoms with E-state index < -0.39 is 23.9 Å². The van der Waals surface area contributed by atoms with Gasteiger partial charge in [-0.2, -0.15) is 11.8 Å². The average Bonchev–Trinajstić information content (AvgIpc) is 2.61. The Labute approximate surface area is 150 Å². The van der Waals surface area contributed by atoms with Crippen LogP contribution >= 0.6 is 11.8 Å². The molecule has 0 fully saturated rings. The van der Waals surface area contributed by atoms with Crippen LogP contribution in [0.5, 0.6) is 11.5 Å². The Kier molecular flexibility index (Phi) is 8.40. The molecule has 0 heterocycles. The second-order valence-electron chi connectivity index (χ2n) is 4.89. The second-order valence-corrected chi connectivity index (χ2v) is 5.87. The Balaban J connectivity index is 2.73. The Morgan fingerprint density at radius 3 is 2.20 bits per heavy atom. The van der Waals surface area contributed by atoms with Crippen LogP contribution in [0.4, 0.5) is 4.79 Å². The fourth-order valence-corrected chi connectivity index (χ4v) is 2.36. The van der Waals surface area contributed by atoms with Crippen LogP contribution < -0.4 is 31.4 Å². The molecule has 5 N–H and O–H groups in total. The Morgan fingerprint density at radius 2 is 1.72 bits per heavy atom. The SMILES string of the molecule is COc1cc(OC)cc(C(=O)NNC(=O)[C@@H](CCSC)NC(N)=O)c1. The van der Waals surface area contributed by atoms with Gasteiger partial charge in [0.05, 0.1) is 14.2 Å². The molecule has 1 aromatic carbocycles. The van der Waals surface area contributed by atoms with Crippen LogP contribution in [-0.2, 0) is 4.79 Å². The minimum Gasteiger partial charge on any atom is -0.497 e. The maximum absolute atomic E-state index is 12.2. The summed E-state index contributed by atoms with van der Waals surface area (Å²) in [5.74, 6) is 0.372. The number of urea groups is 1. The summed E-state index contributed by atoms with van der Waals surface area (Å²) < 4.78 is 10.2. The molecule has 9 nitrogen and oxygen atoms in total. The molecule has 0 aliphatic rings. The van der Waals surface area contributed by atoms with Crippen molar-refractivity contribution in [1.82, 2.24) is 16.2 Å². The van der Waals surface area contributed by atoms with E-state index in [0.717, 1.165) is 0 Å². The fraction of sp³-hybridized carbons (Fsp3) is 0.400. The van der Waals surface area contributed by atoms with Crippen LogP contribution in [0.3, 0.4) is 0 Å². The summed E-state index contributed by atoms with van der Waals surface area (Å²) in [5.41, 5.74) is 9.85. The van der Waals surface area contributed by atoms with Crippen LogP contribution in [0.25, 0.3) is 0 Å². The third kappa shape index (κ3) is 6.79. The maximum atomic E-state index is 12.2. The highest BCUT2D eigenvalue weighted by molar-refractivity contribution is 7.98. The van der Waals surface area contributed by atoms with Crippen molar-refractivity contribution in [3.8, 4) is 11.5 Å². The molecule has 25 heavy (non-hydrogen) atoms. The highest BCUT2D eigenvalue weighted by atomic mass is 32.2. The van der Waals surface area contributed by atoms with Gasteiger partial charge in [0.1, 0.15) is 17.5 Å². The van der Waals surface area contributed by atoms with Crippen LogP contribution in [0.15, 0.2) is 18.2 Å². The van der Waals surface area contributed by atoms with E-state index in [0.29, 0.717) is 23.7 Å². The van der Waals surface area contributed by atoms with Crippen LogP contribution in [-0.4, -0.2) is 50.1 Å². The second kappa shape index (κ2) is 10.3. The van der Waals surface area contributed by atoms with E-state index in [-0.39, 0.29) is 5.56 Å². The number of nitrogens with one attached hydrogen (secondary N) is 3. The lowest BCUT2D eigenvalue weighted by molar-refractivity contribution is -0.123. The lowest BCUT2D eigenvalue weighted by Gasteiger charge is -2.17. The van der Waals surface area contributed by atoms with E-state index in [4.69, 9.17) is 15.2 Å². The van der Waals surface area contributed by atoms with Crippen LogP contribution in [0.1, 0.15) is 16.8 Å². The zero-order valence-electron chi connectivity index (χ0n) is 14.3. The minimum absolute atomic E-state index is 0.236. The van der Waals surface area contributed by atoms with Crippen molar-refractivity contribution in [1.29, 1.82) is 0 Å². The van der Waals surface area contributed by atoms with Gasteiger partial charge in [0.25, 0.3) is 11.8 Å². The smallest absolute Gasteiger partial charge is 0.312 e. The summed E-state index contributed by atoms with van der Waals surface area (Å²) in [7, 11) is 2.92. The zero-order chi connectivity index (χ0) is 18.8. The van der Waals surface area contributed by atoms with E-state index in [1.165, 1.54) is 38.1 Å². The van der Waals surface area contributed by atoms with Gasteiger partial charge in [0.15, 0.2) is 0 Å². The standard InChI is InChI=1S/C15H22N4O5S/c1-23-10-6-9(7-11(8-10)24-2)13(20)18-19-14(21)12(4-5-25-3)17-15(16)22/h6-8,12H,4-5H2,1-3H3,(H,18,20)(H,19,21)(H3,16,17,22)/t12-/m1/s1. The number of rotatable bonds is 8. The number of carbonyl (C=O) groups excluding carboxylic acids is 3. The molecule has 0 radical (unpaired) electrons. The van der Waals surface area contributed by atoms with E-state index in [1.807, 2.05) is 6.26 Å². The lowest BCUT2D eigenvalue weighted by Crippen LogP contribution is -2.53. The number of thioether (sulfide) groups is 1. The zero-order valence-corrected chi connectivity index (χ0v) is 15.1. The van der Waals surface area contributed by atoms with Gasteiger partial charge in [0, 0.05) is 11.6 Å². The molecule has 0 unspecified atom stereocenters. The molecule has 0 spiro atoms. The molecular formula is C15H22N4O5S. The van der Waals surface area contributed by atoms with Crippen molar-refractivity contribution in [2.75, 3.05) is 26.2 Å². The molecule has 10 heteroatoms. The summed E-state index contributed by atoms with van der Waals surface area (Å²) in [6, 6.07) is 2.95. The van der Waals surface area contributed by atoms with Crippen molar-refractivity contribution in [3.63, 3.8) is 0 Å². The first-order valence-corrected chi connectivity index (χ1v) is 8.68. The van der Waals surface area contributed by atoms with Crippen molar-refractivity contribution in [2.24, 2.45) is 5.73 Å². The summed E-state index contributed by atoms with van der Waals surface area (Å²) in [4.78, 5) is 35.3. The molecule has 138 valence electrons. The molecule has 4 amide bonds. The number of hydrogen-bond acceptors (Lipinski definition) is 6. The quantitative estimate of drug-likeness (QED) is 0.485. The van der Waals surface area contributed by atoms with Gasteiger partial charge in [0.2, 0.25) is 0 Å². The van der Waals surface area contributed by atoms with E-state index >= 15 is 0 Å². The molecule has 0 saturated carbocycles. The molecule has 0 saturated heterocycles. The van der Waals surface area contributed by atoms with Crippen molar-refractivity contribution in [3.05, 3.63) is 23.8 Å². The summed E-state index contributed by atoms with van der Waals surface area (Å²) in [5, 5.41) is 2.34. The molecular weight excluding hydrogens is 348 g/mol. The Morgan fingerprint density at radius 1 is 1.12 bits per heavy atom. The highest BCUT2D eigenvalue weighted by Gasteiger charge is 2.20. The summed E-state index contributed by atoms with van der Waals surface area (Å²) in [6.07, 6.45) is 2.25. The number of methoxy groups -OCH3 is 2. The van der Waals surface area contributed by atoms with Crippen molar-refractivity contribution >= 4 is 29.6 Å². The molecule has 1 aromatic rings. The van der Waals surface area contributed by atoms with Gasteiger partial charge in [-0.05, 0) is 30.6 Å². The predicted molar refractivity (Wildman–Crippen MR) is 94.7 cm³/mol. The van der Waals surface area contributed by atoms with Crippen molar-refractivity contribution < 1.29 is 23.9 Å². The maximum Gasteiger partial charge on any atom is 0.312 e. The number of primary amides is 1. The van der Waals surface area contributed by atoms with Crippen LogP contribution in [0.2, 0.25) is 0 Å². The number of ether oxygens (including phenoxy) is 2. The van der Waals surface area contributed by atoms with Gasteiger partial charge in [-0.1, -0.05) is 0 Å². The number of hydrogen-bond donors (Lipinski definition) is 4. The summed E-state index contributed by atoms with van der Waals surface area (Å²) >= 11 is 1.52. The normalized spacial score (nSPS) is 11.2. The lowest BCUT2D eigenvalue weighted by atomic mass is 10.2. The van der Waals surface area contributed by atoms with Gasteiger partial charge in [-0.3, -0.25) is 20.4 Å². The largest absolute Gasteiger partial charge is 0.497 e. The molecule has 0 bridgehead atoms. The van der Waals surface area contributed by atoms with Gasteiger partial charge < -0.3 is 20.5 Å². The molecule has 0 aromatic heterocycles. The molecule has 1 atom stereocenters. The van der Waals surface area contributed by atoms with Gasteiger partial charge in [-0.25, -0.2) is 4.79 Å². The van der Waals surface area contributed by atoms with E-state index in [9.17, 15) is 14.4 Å². The average molecular weight is 370 g/mol. The first-order valence-electron chi connectivity index (χ1n) is 7.29. The van der Waals surface area contributed by atoms with E-state index in [1.54, 1.807) is 6.07 Å². The predicted octanol–water partition coefficient (Wildman–Crippen LogP) is 0.255. The number of benzene rings is 1.